The van der Waals surface area contributed by atoms with Crippen molar-refractivity contribution in [3.8, 4) is 5.82 Å². The monoisotopic (exact) mass is 244 g/mol. The Kier molecular flexibility index (Phi) is 3.48. The molecule has 2 aromatic heterocycles. The van der Waals surface area contributed by atoms with Gasteiger partial charge in [-0.1, -0.05) is 0 Å². The van der Waals surface area contributed by atoms with Crippen LogP contribution in [-0.2, 0) is 6.54 Å². The van der Waals surface area contributed by atoms with Crippen LogP contribution in [-0.4, -0.2) is 20.3 Å². The number of aryl methyl sites for hydroxylation is 1. The molecule has 2 heterocycles. The average molecular weight is 244 g/mol. The minimum absolute atomic E-state index is 0.120. The third-order valence-electron chi connectivity index (χ3n) is 2.65. The Morgan fingerprint density at radius 2 is 2.11 bits per heavy atom. The van der Waals surface area contributed by atoms with Crippen LogP contribution < -0.4 is 5.32 Å². The molecule has 96 valence electrons. The van der Waals surface area contributed by atoms with Gasteiger partial charge in [-0.3, -0.25) is 0 Å². The van der Waals surface area contributed by atoms with Gasteiger partial charge in [-0.15, -0.1) is 0 Å². The van der Waals surface area contributed by atoms with E-state index in [-0.39, 0.29) is 5.54 Å². The van der Waals surface area contributed by atoms with Crippen LogP contribution in [0.3, 0.4) is 0 Å². The summed E-state index contributed by atoms with van der Waals surface area (Å²) in [6, 6.07) is 4.05. The largest absolute Gasteiger partial charge is 0.308 e. The highest BCUT2D eigenvalue weighted by molar-refractivity contribution is 5.34. The molecule has 0 atom stereocenters. The standard InChI is InChI=1S/C14H20N4/c1-11-8-12(10-16-14(2,3)4)9-15-13(11)18-7-5-6-17-18/h5-9,16H,10H2,1-4H3. The number of aromatic nitrogens is 3. The number of hydrogen-bond donors (Lipinski definition) is 1. The molecular weight excluding hydrogens is 224 g/mol. The third-order valence-corrected chi connectivity index (χ3v) is 2.65. The van der Waals surface area contributed by atoms with E-state index in [9.17, 15) is 0 Å². The van der Waals surface area contributed by atoms with Crippen molar-refractivity contribution < 1.29 is 0 Å². The lowest BCUT2D eigenvalue weighted by molar-refractivity contribution is 0.424. The van der Waals surface area contributed by atoms with Crippen molar-refractivity contribution in [3.63, 3.8) is 0 Å². The highest BCUT2D eigenvalue weighted by Gasteiger charge is 2.09. The van der Waals surface area contributed by atoms with Crippen molar-refractivity contribution >= 4 is 0 Å². The lowest BCUT2D eigenvalue weighted by atomic mass is 10.1. The second-order valence-electron chi connectivity index (χ2n) is 5.54. The maximum absolute atomic E-state index is 4.48. The van der Waals surface area contributed by atoms with Gasteiger partial charge in [-0.25, -0.2) is 9.67 Å². The normalized spacial score (nSPS) is 11.8. The van der Waals surface area contributed by atoms with Crippen molar-refractivity contribution in [3.05, 3.63) is 41.9 Å². The van der Waals surface area contributed by atoms with Crippen LogP contribution in [0.1, 0.15) is 31.9 Å². The Balaban J connectivity index is 2.15. The number of rotatable bonds is 3. The fourth-order valence-electron chi connectivity index (χ4n) is 1.72. The van der Waals surface area contributed by atoms with Crippen molar-refractivity contribution in [1.82, 2.24) is 20.1 Å². The maximum atomic E-state index is 4.48. The van der Waals surface area contributed by atoms with E-state index in [1.807, 2.05) is 18.5 Å². The molecule has 2 rings (SSSR count). The molecule has 2 aromatic rings. The molecule has 0 aliphatic carbocycles. The molecule has 0 radical (unpaired) electrons. The summed E-state index contributed by atoms with van der Waals surface area (Å²) in [6.07, 6.45) is 5.57. The van der Waals surface area contributed by atoms with Crippen LogP contribution >= 0.6 is 0 Å². The first-order chi connectivity index (χ1) is 8.46. The van der Waals surface area contributed by atoms with E-state index in [4.69, 9.17) is 0 Å². The predicted octanol–water partition coefficient (Wildman–Crippen LogP) is 2.46. The third kappa shape index (κ3) is 3.17. The molecule has 0 bridgehead atoms. The molecule has 0 aliphatic rings. The van der Waals surface area contributed by atoms with E-state index in [0.29, 0.717) is 0 Å². The van der Waals surface area contributed by atoms with Crippen molar-refractivity contribution in [2.45, 2.75) is 39.8 Å². The van der Waals surface area contributed by atoms with Gasteiger partial charge in [0.1, 0.15) is 0 Å². The molecule has 0 saturated heterocycles. The molecule has 1 N–H and O–H groups in total. The summed E-state index contributed by atoms with van der Waals surface area (Å²) in [6.45, 7) is 9.36. The quantitative estimate of drug-likeness (QED) is 0.902. The summed E-state index contributed by atoms with van der Waals surface area (Å²) in [5.41, 5.74) is 2.44. The molecule has 18 heavy (non-hydrogen) atoms. The summed E-state index contributed by atoms with van der Waals surface area (Å²) >= 11 is 0. The Bertz CT molecular complexity index is 509. The molecule has 0 aliphatic heterocycles. The summed E-state index contributed by atoms with van der Waals surface area (Å²) in [7, 11) is 0. The zero-order chi connectivity index (χ0) is 13.2. The first kappa shape index (κ1) is 12.8. The number of nitrogens with one attached hydrogen (secondary N) is 1. The van der Waals surface area contributed by atoms with E-state index in [0.717, 1.165) is 17.9 Å². The smallest absolute Gasteiger partial charge is 0.156 e. The highest BCUT2D eigenvalue weighted by atomic mass is 15.3. The van der Waals surface area contributed by atoms with Gasteiger partial charge in [-0.05, 0) is 51.0 Å². The lowest BCUT2D eigenvalue weighted by Gasteiger charge is -2.20. The summed E-state index contributed by atoms with van der Waals surface area (Å²) in [5.74, 6) is 0.888. The minimum atomic E-state index is 0.120. The molecule has 0 amide bonds. The van der Waals surface area contributed by atoms with Gasteiger partial charge in [0.25, 0.3) is 0 Å². The van der Waals surface area contributed by atoms with Crippen LogP contribution in [0.25, 0.3) is 5.82 Å². The summed E-state index contributed by atoms with van der Waals surface area (Å²) < 4.78 is 1.79. The van der Waals surface area contributed by atoms with E-state index in [2.05, 4.69) is 49.2 Å². The van der Waals surface area contributed by atoms with Gasteiger partial charge in [0.15, 0.2) is 5.82 Å². The van der Waals surface area contributed by atoms with Crippen LogP contribution in [0.4, 0.5) is 0 Å². The van der Waals surface area contributed by atoms with E-state index < -0.39 is 0 Å². The Morgan fingerprint density at radius 1 is 1.33 bits per heavy atom. The minimum Gasteiger partial charge on any atom is -0.308 e. The number of hydrogen-bond acceptors (Lipinski definition) is 3. The van der Waals surface area contributed by atoms with E-state index >= 15 is 0 Å². The fraction of sp³-hybridized carbons (Fsp3) is 0.429. The predicted molar refractivity (Wildman–Crippen MR) is 72.7 cm³/mol. The second kappa shape index (κ2) is 4.90. The average Bonchev–Trinajstić information content (AvgIpc) is 2.79. The van der Waals surface area contributed by atoms with E-state index in [1.165, 1.54) is 5.56 Å². The van der Waals surface area contributed by atoms with Crippen LogP contribution in [0.15, 0.2) is 30.7 Å². The van der Waals surface area contributed by atoms with Gasteiger partial charge in [0.2, 0.25) is 0 Å². The van der Waals surface area contributed by atoms with Gasteiger partial charge >= 0.3 is 0 Å². The zero-order valence-corrected chi connectivity index (χ0v) is 11.4. The van der Waals surface area contributed by atoms with Gasteiger partial charge in [0.05, 0.1) is 0 Å². The Hall–Kier alpha value is -1.68. The SMILES string of the molecule is Cc1cc(CNC(C)(C)C)cnc1-n1cccn1. The molecular formula is C14H20N4. The molecule has 0 aromatic carbocycles. The molecule has 0 saturated carbocycles. The van der Waals surface area contributed by atoms with Crippen LogP contribution in [0, 0.1) is 6.92 Å². The molecule has 0 spiro atoms. The zero-order valence-electron chi connectivity index (χ0n) is 11.4. The van der Waals surface area contributed by atoms with Gasteiger partial charge in [0, 0.05) is 30.7 Å². The first-order valence-electron chi connectivity index (χ1n) is 6.16. The molecule has 0 unspecified atom stereocenters. The lowest BCUT2D eigenvalue weighted by Crippen LogP contribution is -2.35. The van der Waals surface area contributed by atoms with Crippen molar-refractivity contribution in [1.29, 1.82) is 0 Å². The fourth-order valence-corrected chi connectivity index (χ4v) is 1.72. The topological polar surface area (TPSA) is 42.7 Å². The maximum Gasteiger partial charge on any atom is 0.156 e. The van der Waals surface area contributed by atoms with Crippen molar-refractivity contribution in [2.75, 3.05) is 0 Å². The first-order valence-corrected chi connectivity index (χ1v) is 6.16. The Labute approximate surface area is 108 Å². The molecule has 4 nitrogen and oxygen atoms in total. The highest BCUT2D eigenvalue weighted by Crippen LogP contribution is 2.12. The van der Waals surface area contributed by atoms with Crippen LogP contribution in [0.5, 0.6) is 0 Å². The second-order valence-corrected chi connectivity index (χ2v) is 5.54. The molecule has 0 fully saturated rings. The van der Waals surface area contributed by atoms with E-state index in [1.54, 1.807) is 10.9 Å². The number of nitrogens with zero attached hydrogens (tertiary/aromatic N) is 3. The van der Waals surface area contributed by atoms with Crippen LogP contribution in [0.2, 0.25) is 0 Å². The van der Waals surface area contributed by atoms with Crippen molar-refractivity contribution in [2.24, 2.45) is 0 Å². The Morgan fingerprint density at radius 3 is 2.67 bits per heavy atom. The summed E-state index contributed by atoms with van der Waals surface area (Å²) in [4.78, 5) is 4.48. The van der Waals surface area contributed by atoms with Gasteiger partial charge in [-0.2, -0.15) is 5.10 Å². The molecule has 4 heteroatoms. The van der Waals surface area contributed by atoms with Gasteiger partial charge < -0.3 is 5.32 Å². The number of pyridine rings is 1. The summed E-state index contributed by atoms with van der Waals surface area (Å²) in [5, 5.41) is 7.66.